The lowest BCUT2D eigenvalue weighted by Gasteiger charge is -2.30. The van der Waals surface area contributed by atoms with E-state index in [1.54, 1.807) is 27.0 Å². The van der Waals surface area contributed by atoms with Crippen LogP contribution in [0.25, 0.3) is 10.8 Å². The van der Waals surface area contributed by atoms with E-state index in [9.17, 15) is 32.4 Å². The number of aromatic nitrogens is 1. The smallest absolute Gasteiger partial charge is 0.408 e. The number of ether oxygens (including phenoxy) is 2. The van der Waals surface area contributed by atoms with Gasteiger partial charge in [0.2, 0.25) is 33.6 Å². The molecule has 0 spiro atoms. The van der Waals surface area contributed by atoms with Crippen molar-refractivity contribution in [1.29, 1.82) is 0 Å². The predicted molar refractivity (Wildman–Crippen MR) is 182 cm³/mol. The van der Waals surface area contributed by atoms with E-state index in [-0.39, 0.29) is 31.8 Å². The van der Waals surface area contributed by atoms with Gasteiger partial charge in [0.1, 0.15) is 29.3 Å². The maximum atomic E-state index is 14.2. The fourth-order valence-corrected chi connectivity index (χ4v) is 7.23. The van der Waals surface area contributed by atoms with Crippen LogP contribution in [0.2, 0.25) is 0 Å². The summed E-state index contributed by atoms with van der Waals surface area (Å²) in [6.07, 6.45) is 3.26. The molecule has 0 radical (unpaired) electrons. The van der Waals surface area contributed by atoms with Crippen molar-refractivity contribution in [2.45, 2.75) is 81.0 Å². The lowest BCUT2D eigenvalue weighted by atomic mass is 10.1. The molecule has 1 aliphatic heterocycles. The summed E-state index contributed by atoms with van der Waals surface area (Å²) in [6, 6.07) is 6.58. The highest BCUT2D eigenvalue weighted by molar-refractivity contribution is 7.91. The number of amides is 5. The Morgan fingerprint density at radius 1 is 1.12 bits per heavy atom. The van der Waals surface area contributed by atoms with Crippen molar-refractivity contribution in [2.75, 3.05) is 13.1 Å². The second-order valence-electron chi connectivity index (χ2n) is 13.6. The van der Waals surface area contributed by atoms with E-state index < -0.39 is 80.2 Å². The Balaban J connectivity index is 1.43. The first-order valence-corrected chi connectivity index (χ1v) is 17.8. The molecule has 15 nitrogen and oxygen atoms in total. The standard InChI is InChI=1S/C34H42N6O9S/c1-6-21-17-34(21,31(44)39-50(46,47)23-12-13-23)38-28(42)26-16-22(48-29-24-11-9-8-10-20(24)14-15-35-29)19-40(26)30(43)25(18-36-27(41)7-2)37-32(45)49-33(3,4)5/h6-11,14-15,21-23,25-26H,1-2,12-13,16-19H2,3-5H3,(H,36,41)(H,37,45)(H,38,42)(H,39,44)/t21-,22+,25-,26-,34+/m0/s1. The lowest BCUT2D eigenvalue weighted by Crippen LogP contribution is -2.59. The van der Waals surface area contributed by atoms with Gasteiger partial charge in [-0.15, -0.1) is 6.58 Å². The SMILES string of the molecule is C=CC(=O)NC[C@H](NC(=O)OC(C)(C)C)C(=O)N1C[C@H](Oc2nccc3ccccc23)C[C@H]1C(=O)N[C@]1(C(=O)NS(=O)(=O)C2CC2)C[C@@H]1C=C. The van der Waals surface area contributed by atoms with Crippen molar-refractivity contribution >= 4 is 50.5 Å². The Morgan fingerprint density at radius 3 is 2.48 bits per heavy atom. The number of alkyl carbamates (subject to hydrolysis) is 1. The topological polar surface area (TPSA) is 202 Å². The Kier molecular flexibility index (Phi) is 10.2. The second kappa shape index (κ2) is 14.1. The highest BCUT2D eigenvalue weighted by Crippen LogP contribution is 2.45. The van der Waals surface area contributed by atoms with Crippen molar-refractivity contribution in [3.8, 4) is 5.88 Å². The number of nitrogens with zero attached hydrogens (tertiary/aromatic N) is 2. The normalized spacial score (nSPS) is 23.6. The summed E-state index contributed by atoms with van der Waals surface area (Å²) >= 11 is 0. The average molecular weight is 711 g/mol. The van der Waals surface area contributed by atoms with Gasteiger partial charge in [0.15, 0.2) is 0 Å². The molecule has 1 aromatic carbocycles. The van der Waals surface area contributed by atoms with Gasteiger partial charge in [-0.05, 0) is 63.6 Å². The minimum Gasteiger partial charge on any atom is -0.472 e. The Hall–Kier alpha value is -4.99. The van der Waals surface area contributed by atoms with Crippen LogP contribution < -0.4 is 25.4 Å². The van der Waals surface area contributed by atoms with E-state index >= 15 is 0 Å². The fraction of sp³-hybridized carbons (Fsp3) is 0.471. The number of fused-ring (bicyclic) bond motifs is 1. The van der Waals surface area contributed by atoms with Crippen LogP contribution in [0.5, 0.6) is 5.88 Å². The number of benzene rings is 1. The van der Waals surface area contributed by atoms with E-state index in [0.717, 1.165) is 11.5 Å². The maximum Gasteiger partial charge on any atom is 0.408 e. The summed E-state index contributed by atoms with van der Waals surface area (Å²) < 4.78 is 39.0. The number of rotatable bonds is 13. The summed E-state index contributed by atoms with van der Waals surface area (Å²) in [4.78, 5) is 72.2. The molecule has 268 valence electrons. The molecule has 2 heterocycles. The highest BCUT2D eigenvalue weighted by Gasteiger charge is 2.62. The molecule has 3 fully saturated rings. The Bertz CT molecular complexity index is 1820. The Morgan fingerprint density at radius 2 is 1.84 bits per heavy atom. The maximum absolute atomic E-state index is 14.2. The van der Waals surface area contributed by atoms with Crippen LogP contribution in [0.4, 0.5) is 4.79 Å². The van der Waals surface area contributed by atoms with Crippen LogP contribution in [0.3, 0.4) is 0 Å². The molecule has 2 saturated carbocycles. The lowest BCUT2D eigenvalue weighted by molar-refractivity contribution is -0.141. The van der Waals surface area contributed by atoms with Crippen LogP contribution in [-0.4, -0.2) is 95.7 Å². The molecule has 3 aliphatic rings. The summed E-state index contributed by atoms with van der Waals surface area (Å²) in [5.41, 5.74) is -2.51. The van der Waals surface area contributed by atoms with Gasteiger partial charge < -0.3 is 30.3 Å². The number of hydrogen-bond acceptors (Lipinski definition) is 10. The molecule has 1 saturated heterocycles. The molecule has 0 bridgehead atoms. The molecular formula is C34H42N6O9S. The zero-order valence-corrected chi connectivity index (χ0v) is 29.0. The van der Waals surface area contributed by atoms with Crippen molar-refractivity contribution in [3.05, 3.63) is 61.8 Å². The van der Waals surface area contributed by atoms with Gasteiger partial charge in [0.05, 0.1) is 11.8 Å². The third-order valence-corrected chi connectivity index (χ3v) is 10.5. The summed E-state index contributed by atoms with van der Waals surface area (Å²) in [5, 5.41) is 8.59. The minimum atomic E-state index is -3.92. The van der Waals surface area contributed by atoms with Gasteiger partial charge >= 0.3 is 6.09 Å². The molecule has 2 aliphatic carbocycles. The zero-order valence-electron chi connectivity index (χ0n) is 28.1. The van der Waals surface area contributed by atoms with Crippen LogP contribution in [-0.2, 0) is 33.9 Å². The van der Waals surface area contributed by atoms with Crippen molar-refractivity contribution in [3.63, 3.8) is 0 Å². The van der Waals surface area contributed by atoms with Gasteiger partial charge in [-0.3, -0.25) is 23.9 Å². The number of carbonyl (C=O) groups excluding carboxylic acids is 5. The van der Waals surface area contributed by atoms with Gasteiger partial charge in [-0.25, -0.2) is 18.2 Å². The zero-order chi connectivity index (χ0) is 36.4. The molecule has 4 N–H and O–H groups in total. The van der Waals surface area contributed by atoms with Crippen LogP contribution >= 0.6 is 0 Å². The molecule has 5 amide bonds. The Labute approximate surface area is 290 Å². The number of pyridine rings is 1. The van der Waals surface area contributed by atoms with Crippen LogP contribution in [0.1, 0.15) is 46.5 Å². The van der Waals surface area contributed by atoms with Gasteiger partial charge in [0.25, 0.3) is 5.91 Å². The first kappa shape index (κ1) is 36.3. The van der Waals surface area contributed by atoms with Crippen molar-refractivity contribution in [1.82, 2.24) is 30.6 Å². The predicted octanol–water partition coefficient (Wildman–Crippen LogP) is 1.45. The molecule has 0 unspecified atom stereocenters. The number of nitrogens with one attached hydrogen (secondary N) is 4. The van der Waals surface area contributed by atoms with Crippen molar-refractivity contribution < 1.29 is 41.9 Å². The average Bonchev–Trinajstić information content (AvgIpc) is 3.98. The minimum absolute atomic E-state index is 0.0442. The number of carbonyl (C=O) groups is 5. The molecule has 5 rings (SSSR count). The molecule has 50 heavy (non-hydrogen) atoms. The number of sulfonamides is 1. The fourth-order valence-electron chi connectivity index (χ4n) is 5.86. The highest BCUT2D eigenvalue weighted by atomic mass is 32.2. The summed E-state index contributed by atoms with van der Waals surface area (Å²) in [7, 11) is -3.92. The number of likely N-dealkylation sites (tertiary alicyclic amines) is 1. The van der Waals surface area contributed by atoms with E-state index in [1.807, 2.05) is 30.3 Å². The molecule has 2 aromatic rings. The molecule has 1 aromatic heterocycles. The second-order valence-corrected chi connectivity index (χ2v) is 15.6. The third kappa shape index (κ3) is 8.23. The van der Waals surface area contributed by atoms with Crippen LogP contribution in [0.15, 0.2) is 61.8 Å². The van der Waals surface area contributed by atoms with E-state index in [4.69, 9.17) is 9.47 Å². The van der Waals surface area contributed by atoms with E-state index in [2.05, 4.69) is 38.8 Å². The quantitative estimate of drug-likeness (QED) is 0.174. The van der Waals surface area contributed by atoms with E-state index in [1.165, 1.54) is 11.0 Å². The van der Waals surface area contributed by atoms with Gasteiger partial charge in [-0.1, -0.05) is 30.9 Å². The van der Waals surface area contributed by atoms with Crippen LogP contribution in [0, 0.1) is 5.92 Å². The summed E-state index contributed by atoms with van der Waals surface area (Å²) in [6.45, 7) is 11.6. The number of hydrogen-bond donors (Lipinski definition) is 4. The van der Waals surface area contributed by atoms with E-state index in [0.29, 0.717) is 18.2 Å². The van der Waals surface area contributed by atoms with Gasteiger partial charge in [-0.2, -0.15) is 0 Å². The molecular weight excluding hydrogens is 668 g/mol. The summed E-state index contributed by atoms with van der Waals surface area (Å²) in [5.74, 6) is -3.27. The third-order valence-electron chi connectivity index (χ3n) is 8.67. The molecule has 5 atom stereocenters. The first-order valence-electron chi connectivity index (χ1n) is 16.3. The molecule has 16 heteroatoms. The monoisotopic (exact) mass is 710 g/mol. The van der Waals surface area contributed by atoms with Gasteiger partial charge in [0, 0.05) is 30.5 Å². The first-order chi connectivity index (χ1) is 23.6. The largest absolute Gasteiger partial charge is 0.472 e. The van der Waals surface area contributed by atoms with Crippen molar-refractivity contribution in [2.24, 2.45) is 5.92 Å².